The minimum atomic E-state index is -0.228. The van der Waals surface area contributed by atoms with Gasteiger partial charge >= 0.3 is 0 Å². The molecule has 1 rings (SSSR count). The van der Waals surface area contributed by atoms with Crippen LogP contribution >= 0.6 is 0 Å². The molecule has 1 aromatic rings. The summed E-state index contributed by atoms with van der Waals surface area (Å²) in [7, 11) is 0. The Hall–Kier alpha value is -0.870. The van der Waals surface area contributed by atoms with E-state index < -0.39 is 0 Å². The van der Waals surface area contributed by atoms with Crippen molar-refractivity contribution in [3.8, 4) is 0 Å². The minimum absolute atomic E-state index is 0.228. The zero-order valence-corrected chi connectivity index (χ0v) is 7.25. The predicted molar refractivity (Wildman–Crippen MR) is 46.6 cm³/mol. The van der Waals surface area contributed by atoms with Gasteiger partial charge in [-0.2, -0.15) is 0 Å². The first-order valence-corrected chi connectivity index (χ1v) is 4.16. The molecule has 0 spiro atoms. The standard InChI is InChI=1S/C8H15N3O/c1-7(12)2-3-9-6-8-10-4-5-11-8/h4-5,7,9,12H,2-3,6H2,1H3,(H,10,11). The summed E-state index contributed by atoms with van der Waals surface area (Å²) in [5, 5.41) is 12.1. The largest absolute Gasteiger partial charge is 0.393 e. The number of aromatic nitrogens is 2. The number of hydrogen-bond donors (Lipinski definition) is 3. The van der Waals surface area contributed by atoms with Crippen molar-refractivity contribution in [1.82, 2.24) is 15.3 Å². The summed E-state index contributed by atoms with van der Waals surface area (Å²) >= 11 is 0. The van der Waals surface area contributed by atoms with Gasteiger partial charge in [0.25, 0.3) is 0 Å². The molecule has 0 fully saturated rings. The summed E-state index contributed by atoms with van der Waals surface area (Å²) in [6, 6.07) is 0. The third kappa shape index (κ3) is 3.50. The van der Waals surface area contributed by atoms with Crippen LogP contribution in [0.4, 0.5) is 0 Å². The van der Waals surface area contributed by atoms with Gasteiger partial charge in [0.2, 0.25) is 0 Å². The van der Waals surface area contributed by atoms with E-state index >= 15 is 0 Å². The SMILES string of the molecule is CC(O)CCNCc1ncc[nH]1. The predicted octanol–water partition coefficient (Wildman–Crippen LogP) is 0.270. The topological polar surface area (TPSA) is 60.9 Å². The maximum absolute atomic E-state index is 8.95. The molecule has 1 aromatic heterocycles. The average molecular weight is 169 g/mol. The Bertz CT molecular complexity index is 196. The summed E-state index contributed by atoms with van der Waals surface area (Å²) in [4.78, 5) is 7.04. The molecule has 0 aliphatic rings. The van der Waals surface area contributed by atoms with Crippen molar-refractivity contribution in [2.45, 2.75) is 26.0 Å². The molecule has 0 aliphatic heterocycles. The van der Waals surface area contributed by atoms with Gasteiger partial charge in [0.05, 0.1) is 12.6 Å². The van der Waals surface area contributed by atoms with Gasteiger partial charge in [-0.15, -0.1) is 0 Å². The van der Waals surface area contributed by atoms with Crippen molar-refractivity contribution in [3.63, 3.8) is 0 Å². The van der Waals surface area contributed by atoms with Gasteiger partial charge < -0.3 is 15.4 Å². The number of aliphatic hydroxyl groups is 1. The summed E-state index contributed by atoms with van der Waals surface area (Å²) in [5.74, 6) is 0.931. The molecular weight excluding hydrogens is 154 g/mol. The second-order valence-corrected chi connectivity index (χ2v) is 2.85. The van der Waals surface area contributed by atoms with Gasteiger partial charge in [0.15, 0.2) is 0 Å². The number of imidazole rings is 1. The minimum Gasteiger partial charge on any atom is -0.393 e. The quantitative estimate of drug-likeness (QED) is 0.554. The zero-order chi connectivity index (χ0) is 8.81. The normalized spacial score (nSPS) is 13.2. The Labute approximate surface area is 72.0 Å². The van der Waals surface area contributed by atoms with Gasteiger partial charge in [-0.25, -0.2) is 4.98 Å². The summed E-state index contributed by atoms with van der Waals surface area (Å²) in [6.45, 7) is 3.34. The van der Waals surface area contributed by atoms with Gasteiger partial charge in [-0.05, 0) is 19.9 Å². The van der Waals surface area contributed by atoms with E-state index in [1.807, 2.05) is 0 Å². The molecule has 1 heterocycles. The Morgan fingerprint density at radius 2 is 2.58 bits per heavy atom. The number of hydrogen-bond acceptors (Lipinski definition) is 3. The summed E-state index contributed by atoms with van der Waals surface area (Å²) in [5.41, 5.74) is 0. The van der Waals surface area contributed by atoms with Gasteiger partial charge in [-0.1, -0.05) is 0 Å². The number of aromatic amines is 1. The molecular formula is C8H15N3O. The van der Waals surface area contributed by atoms with Gasteiger partial charge in [0, 0.05) is 12.4 Å². The summed E-state index contributed by atoms with van der Waals surface area (Å²) in [6.07, 6.45) is 4.08. The lowest BCUT2D eigenvalue weighted by Gasteiger charge is -2.04. The van der Waals surface area contributed by atoms with Crippen molar-refractivity contribution in [3.05, 3.63) is 18.2 Å². The first-order chi connectivity index (χ1) is 5.79. The molecule has 0 amide bonds. The highest BCUT2D eigenvalue weighted by Crippen LogP contribution is 1.89. The molecule has 3 N–H and O–H groups in total. The van der Waals surface area contributed by atoms with Gasteiger partial charge in [0.1, 0.15) is 5.82 Å². The van der Waals surface area contributed by atoms with Crippen LogP contribution in [0.1, 0.15) is 19.2 Å². The van der Waals surface area contributed by atoms with E-state index in [0.29, 0.717) is 0 Å². The average Bonchev–Trinajstić information content (AvgIpc) is 2.49. The van der Waals surface area contributed by atoms with Crippen molar-refractivity contribution in [1.29, 1.82) is 0 Å². The lowest BCUT2D eigenvalue weighted by molar-refractivity contribution is 0.183. The van der Waals surface area contributed by atoms with Gasteiger partial charge in [-0.3, -0.25) is 0 Å². The van der Waals surface area contributed by atoms with E-state index in [1.54, 1.807) is 19.3 Å². The van der Waals surface area contributed by atoms with Crippen LogP contribution in [0.25, 0.3) is 0 Å². The number of nitrogens with zero attached hydrogens (tertiary/aromatic N) is 1. The molecule has 12 heavy (non-hydrogen) atoms. The Balaban J connectivity index is 2.04. The molecule has 0 aromatic carbocycles. The van der Waals surface area contributed by atoms with E-state index in [1.165, 1.54) is 0 Å². The third-order valence-corrected chi connectivity index (χ3v) is 1.59. The monoisotopic (exact) mass is 169 g/mol. The number of nitrogens with one attached hydrogen (secondary N) is 2. The maximum atomic E-state index is 8.95. The molecule has 1 atom stereocenters. The first-order valence-electron chi connectivity index (χ1n) is 4.16. The fourth-order valence-corrected chi connectivity index (χ4v) is 0.912. The number of H-pyrrole nitrogens is 1. The molecule has 0 aliphatic carbocycles. The van der Waals surface area contributed by atoms with Crippen LogP contribution in [-0.4, -0.2) is 27.7 Å². The van der Waals surface area contributed by atoms with Crippen molar-refractivity contribution >= 4 is 0 Å². The molecule has 68 valence electrons. The van der Waals surface area contributed by atoms with Crippen LogP contribution in [0.2, 0.25) is 0 Å². The Morgan fingerprint density at radius 3 is 3.17 bits per heavy atom. The van der Waals surface area contributed by atoms with E-state index in [4.69, 9.17) is 5.11 Å². The number of rotatable bonds is 5. The second-order valence-electron chi connectivity index (χ2n) is 2.85. The highest BCUT2D eigenvalue weighted by atomic mass is 16.3. The van der Waals surface area contributed by atoms with Crippen LogP contribution in [0, 0.1) is 0 Å². The molecule has 0 saturated carbocycles. The molecule has 1 unspecified atom stereocenters. The van der Waals surface area contributed by atoms with Crippen LogP contribution in [0.3, 0.4) is 0 Å². The second kappa shape index (κ2) is 4.90. The smallest absolute Gasteiger partial charge is 0.120 e. The zero-order valence-electron chi connectivity index (χ0n) is 7.25. The van der Waals surface area contributed by atoms with Crippen molar-refractivity contribution in [2.75, 3.05) is 6.54 Å². The maximum Gasteiger partial charge on any atom is 0.120 e. The van der Waals surface area contributed by atoms with Crippen LogP contribution in [-0.2, 0) is 6.54 Å². The molecule has 4 nitrogen and oxygen atoms in total. The van der Waals surface area contributed by atoms with Crippen molar-refractivity contribution in [2.24, 2.45) is 0 Å². The molecule has 4 heteroatoms. The lowest BCUT2D eigenvalue weighted by Crippen LogP contribution is -2.19. The molecule has 0 bridgehead atoms. The highest BCUT2D eigenvalue weighted by Gasteiger charge is 1.95. The fraction of sp³-hybridized carbons (Fsp3) is 0.625. The van der Waals surface area contributed by atoms with Crippen LogP contribution in [0.15, 0.2) is 12.4 Å². The lowest BCUT2D eigenvalue weighted by atomic mass is 10.3. The van der Waals surface area contributed by atoms with E-state index in [2.05, 4.69) is 15.3 Å². The van der Waals surface area contributed by atoms with Crippen molar-refractivity contribution < 1.29 is 5.11 Å². The first kappa shape index (κ1) is 9.22. The third-order valence-electron chi connectivity index (χ3n) is 1.59. The fourth-order valence-electron chi connectivity index (χ4n) is 0.912. The Morgan fingerprint density at radius 1 is 1.75 bits per heavy atom. The summed E-state index contributed by atoms with van der Waals surface area (Å²) < 4.78 is 0. The van der Waals surface area contributed by atoms with E-state index in [0.717, 1.165) is 25.3 Å². The van der Waals surface area contributed by atoms with E-state index in [9.17, 15) is 0 Å². The van der Waals surface area contributed by atoms with Crippen LogP contribution in [0.5, 0.6) is 0 Å². The molecule has 0 saturated heterocycles. The molecule has 0 radical (unpaired) electrons. The van der Waals surface area contributed by atoms with E-state index in [-0.39, 0.29) is 6.10 Å². The highest BCUT2D eigenvalue weighted by molar-refractivity contribution is 4.85. The number of aliphatic hydroxyl groups excluding tert-OH is 1. The Kier molecular flexibility index (Phi) is 3.76. The van der Waals surface area contributed by atoms with Crippen LogP contribution < -0.4 is 5.32 Å².